The summed E-state index contributed by atoms with van der Waals surface area (Å²) in [5.74, 6) is -0.537. The lowest BCUT2D eigenvalue weighted by Gasteiger charge is -2.05. The van der Waals surface area contributed by atoms with Gasteiger partial charge in [-0.05, 0) is 29.8 Å². The van der Waals surface area contributed by atoms with Crippen molar-refractivity contribution < 1.29 is 13.8 Å². The molecular weight excluding hydrogens is 339 g/mol. The molecule has 4 rings (SSSR count). The monoisotopic (exact) mass is 353 g/mol. The molecule has 5 nitrogen and oxygen atoms in total. The van der Waals surface area contributed by atoms with Gasteiger partial charge in [0.2, 0.25) is 5.91 Å². The third-order valence-corrected chi connectivity index (χ3v) is 4.54. The van der Waals surface area contributed by atoms with Gasteiger partial charge in [-0.2, -0.15) is 4.57 Å². The average molecular weight is 353 g/mol. The number of H-pyrrole nitrogens is 1. The van der Waals surface area contributed by atoms with Crippen molar-refractivity contribution in [2.45, 2.75) is 6.42 Å². The second kappa shape index (κ2) is 6.45. The largest absolute Gasteiger partial charge is 0.326 e. The summed E-state index contributed by atoms with van der Waals surface area (Å²) in [5.41, 5.74) is 3.17. The zero-order valence-electron chi connectivity index (χ0n) is 13.1. The number of benzene rings is 2. The number of halogens is 1. The summed E-state index contributed by atoms with van der Waals surface area (Å²) in [4.78, 5) is 19.7. The highest BCUT2D eigenvalue weighted by atomic mass is 32.1. The van der Waals surface area contributed by atoms with Crippen molar-refractivity contribution in [3.63, 3.8) is 0 Å². The Morgan fingerprint density at radius 3 is 3.00 bits per heavy atom. The highest BCUT2D eigenvalue weighted by Crippen LogP contribution is 2.17. The van der Waals surface area contributed by atoms with E-state index in [1.165, 1.54) is 23.5 Å². The Labute approximate surface area is 146 Å². The lowest BCUT2D eigenvalue weighted by atomic mass is 10.1. The Morgan fingerprint density at radius 1 is 1.28 bits per heavy atom. The van der Waals surface area contributed by atoms with Crippen LogP contribution in [-0.2, 0) is 11.2 Å². The minimum atomic E-state index is -0.344. The van der Waals surface area contributed by atoms with Crippen LogP contribution in [0.25, 0.3) is 16.2 Å². The van der Waals surface area contributed by atoms with Crippen molar-refractivity contribution in [3.8, 4) is 5.13 Å². The second-order valence-electron chi connectivity index (χ2n) is 5.54. The molecule has 0 aliphatic rings. The standard InChI is InChI=1S/C18H13FN4OS/c19-13-3-1-2-12(8-13)9-17(24)22-14-4-5-15-16(10-14)23(11-21-15)18-20-6-7-25-18/h1-8,10-11H,9H2,(H,22,24)/p+1. The van der Waals surface area contributed by atoms with Crippen LogP contribution in [0.15, 0.2) is 60.4 Å². The van der Waals surface area contributed by atoms with Gasteiger partial charge in [-0.25, -0.2) is 4.39 Å². The number of carbonyl (C=O) groups is 1. The van der Waals surface area contributed by atoms with E-state index < -0.39 is 0 Å². The van der Waals surface area contributed by atoms with Crippen LogP contribution in [0.1, 0.15) is 5.56 Å². The highest BCUT2D eigenvalue weighted by Gasteiger charge is 2.14. The number of rotatable bonds is 4. The molecule has 4 aromatic rings. The van der Waals surface area contributed by atoms with Gasteiger partial charge in [0.1, 0.15) is 23.0 Å². The van der Waals surface area contributed by atoms with Crippen molar-refractivity contribution in [2.75, 3.05) is 5.32 Å². The van der Waals surface area contributed by atoms with Gasteiger partial charge < -0.3 is 5.32 Å². The lowest BCUT2D eigenvalue weighted by molar-refractivity contribution is -0.566. The number of nitrogens with one attached hydrogen (secondary N) is 2. The van der Waals surface area contributed by atoms with Gasteiger partial charge in [0.15, 0.2) is 6.33 Å². The molecule has 0 spiro atoms. The Bertz CT molecular complexity index is 1040. The van der Waals surface area contributed by atoms with E-state index in [1.54, 1.807) is 18.3 Å². The van der Waals surface area contributed by atoms with Crippen molar-refractivity contribution in [2.24, 2.45) is 0 Å². The van der Waals surface area contributed by atoms with Crippen LogP contribution in [0, 0.1) is 5.82 Å². The van der Waals surface area contributed by atoms with Crippen molar-refractivity contribution in [3.05, 3.63) is 71.7 Å². The molecule has 0 atom stereocenters. The van der Waals surface area contributed by atoms with E-state index in [-0.39, 0.29) is 18.1 Å². The normalized spacial score (nSPS) is 10.9. The Morgan fingerprint density at radius 2 is 2.20 bits per heavy atom. The molecule has 0 saturated carbocycles. The number of anilines is 1. The first-order chi connectivity index (χ1) is 12.2. The number of nitrogens with zero attached hydrogens (tertiary/aromatic N) is 2. The molecule has 7 heteroatoms. The maximum atomic E-state index is 13.2. The summed E-state index contributed by atoms with van der Waals surface area (Å²) < 4.78 is 15.2. The second-order valence-corrected chi connectivity index (χ2v) is 6.42. The number of fused-ring (bicyclic) bond motifs is 1. The first-order valence-electron chi connectivity index (χ1n) is 7.66. The first kappa shape index (κ1) is 15.5. The number of hydrogen-bond acceptors (Lipinski definition) is 3. The summed E-state index contributed by atoms with van der Waals surface area (Å²) >= 11 is 1.53. The van der Waals surface area contributed by atoms with Crippen LogP contribution in [0.2, 0.25) is 0 Å². The van der Waals surface area contributed by atoms with E-state index in [4.69, 9.17) is 0 Å². The van der Waals surface area contributed by atoms with Gasteiger partial charge in [-0.1, -0.05) is 23.5 Å². The van der Waals surface area contributed by atoms with Crippen molar-refractivity contribution in [1.82, 2.24) is 9.97 Å². The van der Waals surface area contributed by atoms with E-state index in [1.807, 2.05) is 34.5 Å². The fraction of sp³-hybridized carbons (Fsp3) is 0.0556. The molecule has 2 heterocycles. The van der Waals surface area contributed by atoms with E-state index >= 15 is 0 Å². The number of carbonyl (C=O) groups excluding carboxylic acids is 1. The smallest absolute Gasteiger partial charge is 0.325 e. The highest BCUT2D eigenvalue weighted by molar-refractivity contribution is 7.11. The number of thiazole rings is 1. The van der Waals surface area contributed by atoms with Gasteiger partial charge in [-0.3, -0.25) is 9.78 Å². The number of imidazole rings is 1. The maximum Gasteiger partial charge on any atom is 0.325 e. The molecule has 0 saturated heterocycles. The molecule has 124 valence electrons. The maximum absolute atomic E-state index is 13.2. The molecular formula is C18H14FN4OS+. The van der Waals surface area contributed by atoms with Crippen LogP contribution >= 0.6 is 11.3 Å². The summed E-state index contributed by atoms with van der Waals surface area (Å²) in [7, 11) is 0. The quantitative estimate of drug-likeness (QED) is 0.554. The zero-order valence-corrected chi connectivity index (χ0v) is 13.9. The van der Waals surface area contributed by atoms with E-state index in [0.29, 0.717) is 11.3 Å². The third kappa shape index (κ3) is 3.27. The lowest BCUT2D eigenvalue weighted by Crippen LogP contribution is -2.28. The van der Waals surface area contributed by atoms with Crippen LogP contribution in [0.5, 0.6) is 0 Å². The van der Waals surface area contributed by atoms with E-state index in [0.717, 1.165) is 16.2 Å². The number of amides is 1. The molecule has 2 N–H and O–H groups in total. The van der Waals surface area contributed by atoms with Gasteiger partial charge in [0, 0.05) is 17.1 Å². The fourth-order valence-electron chi connectivity index (χ4n) is 2.67. The zero-order chi connectivity index (χ0) is 17.2. The molecule has 0 fully saturated rings. The van der Waals surface area contributed by atoms with Gasteiger partial charge in [0.05, 0.1) is 6.42 Å². The molecule has 0 aliphatic carbocycles. The van der Waals surface area contributed by atoms with Gasteiger partial charge >= 0.3 is 5.13 Å². The molecule has 0 aliphatic heterocycles. The SMILES string of the molecule is O=C(Cc1cccc(F)c1)Nc1ccc2[nH]c[n+](-c3nccs3)c2c1. The third-order valence-electron chi connectivity index (χ3n) is 3.77. The minimum Gasteiger partial charge on any atom is -0.326 e. The molecule has 2 aromatic heterocycles. The predicted octanol–water partition coefficient (Wildman–Crippen LogP) is 3.22. The van der Waals surface area contributed by atoms with Crippen LogP contribution < -0.4 is 9.88 Å². The number of hydrogen-bond donors (Lipinski definition) is 2. The predicted molar refractivity (Wildman–Crippen MR) is 94.2 cm³/mol. The topological polar surface area (TPSA) is 61.7 Å². The molecule has 0 radical (unpaired) electrons. The number of aromatic nitrogens is 3. The average Bonchev–Trinajstić information content (AvgIpc) is 3.23. The molecule has 1 amide bonds. The Hall–Kier alpha value is -3.06. The van der Waals surface area contributed by atoms with E-state index in [2.05, 4.69) is 15.3 Å². The molecule has 25 heavy (non-hydrogen) atoms. The van der Waals surface area contributed by atoms with Crippen molar-refractivity contribution in [1.29, 1.82) is 0 Å². The van der Waals surface area contributed by atoms with Gasteiger partial charge in [0.25, 0.3) is 0 Å². The Kier molecular flexibility index (Phi) is 3.99. The molecule has 0 bridgehead atoms. The summed E-state index contributed by atoms with van der Waals surface area (Å²) in [6, 6.07) is 11.7. The first-order valence-corrected chi connectivity index (χ1v) is 8.54. The molecule has 2 aromatic carbocycles. The van der Waals surface area contributed by atoms with Crippen LogP contribution in [0.4, 0.5) is 10.1 Å². The van der Waals surface area contributed by atoms with Crippen LogP contribution in [0.3, 0.4) is 0 Å². The minimum absolute atomic E-state index is 0.120. The summed E-state index contributed by atoms with van der Waals surface area (Å²) in [6.45, 7) is 0. The van der Waals surface area contributed by atoms with Crippen LogP contribution in [-0.4, -0.2) is 15.9 Å². The van der Waals surface area contributed by atoms with Crippen molar-refractivity contribution >= 4 is 34.0 Å². The van der Waals surface area contributed by atoms with E-state index in [9.17, 15) is 9.18 Å². The molecule has 0 unspecified atom stereocenters. The Balaban J connectivity index is 1.57. The van der Waals surface area contributed by atoms with Gasteiger partial charge in [-0.15, -0.1) is 4.98 Å². The summed E-state index contributed by atoms with van der Waals surface area (Å²) in [5, 5.41) is 5.61. The number of aromatic amines is 1. The summed E-state index contributed by atoms with van der Waals surface area (Å²) in [6.07, 6.45) is 3.70. The fourth-order valence-corrected chi connectivity index (χ4v) is 3.29.